The number of rotatable bonds is 8. The maximum Gasteiger partial charge on any atom is 0.241 e. The zero-order chi connectivity index (χ0) is 22.4. The minimum absolute atomic E-state index is 0.287. The number of anilines is 1. The summed E-state index contributed by atoms with van der Waals surface area (Å²) in [5.74, 6) is -0.370. The molecule has 0 aromatic heterocycles. The number of carbonyl (C=O) groups is 1. The van der Waals surface area contributed by atoms with Gasteiger partial charge in [-0.3, -0.25) is 9.10 Å². The maximum atomic E-state index is 13.1. The first kappa shape index (κ1) is 22.6. The fourth-order valence-electron chi connectivity index (χ4n) is 3.53. The highest BCUT2D eigenvalue weighted by molar-refractivity contribution is 7.92. The lowest BCUT2D eigenvalue weighted by Crippen LogP contribution is -2.42. The van der Waals surface area contributed by atoms with Crippen LogP contribution in [0.3, 0.4) is 0 Å². The third kappa shape index (κ3) is 5.73. The third-order valence-electron chi connectivity index (χ3n) is 5.18. The standard InChI is InChI=1S/C25H28N2O3S/c1-4-20-10-8-9-13-23(20)27(31(3,29)30)18-24(28)26-25(21-11-6-5-7-12-21)22-16-14-19(2)15-17-22/h5-17,25H,4,18H2,1-3H3,(H,26,28)/t25-/m1/s1. The Kier molecular flexibility index (Phi) is 7.13. The Balaban J connectivity index is 1.91. The maximum absolute atomic E-state index is 13.1. The fourth-order valence-corrected chi connectivity index (χ4v) is 4.42. The minimum atomic E-state index is -3.64. The number of hydrogen-bond donors (Lipinski definition) is 1. The van der Waals surface area contributed by atoms with E-state index >= 15 is 0 Å². The first-order chi connectivity index (χ1) is 14.8. The molecule has 0 aliphatic carbocycles. The molecule has 1 atom stereocenters. The summed E-state index contributed by atoms with van der Waals surface area (Å²) in [6, 6.07) is 24.5. The van der Waals surface area contributed by atoms with Gasteiger partial charge in [0.1, 0.15) is 6.54 Å². The van der Waals surface area contributed by atoms with E-state index in [9.17, 15) is 13.2 Å². The molecule has 0 saturated carbocycles. The van der Waals surface area contributed by atoms with Crippen LogP contribution in [0.4, 0.5) is 5.69 Å². The summed E-state index contributed by atoms with van der Waals surface area (Å²) in [6.45, 7) is 3.68. The molecule has 0 spiro atoms. The zero-order valence-electron chi connectivity index (χ0n) is 18.1. The van der Waals surface area contributed by atoms with E-state index < -0.39 is 10.0 Å². The average molecular weight is 437 g/mol. The van der Waals surface area contributed by atoms with Crippen molar-refractivity contribution in [3.8, 4) is 0 Å². The van der Waals surface area contributed by atoms with E-state index in [1.165, 1.54) is 4.31 Å². The highest BCUT2D eigenvalue weighted by Gasteiger charge is 2.25. The Labute approximate surface area is 184 Å². The Bertz CT molecular complexity index is 1130. The second-order valence-electron chi connectivity index (χ2n) is 7.57. The van der Waals surface area contributed by atoms with Crippen LogP contribution in [-0.4, -0.2) is 27.1 Å². The Hall–Kier alpha value is -3.12. The summed E-state index contributed by atoms with van der Waals surface area (Å²) in [7, 11) is -3.64. The van der Waals surface area contributed by atoms with E-state index in [0.29, 0.717) is 12.1 Å². The Morgan fingerprint density at radius 2 is 1.48 bits per heavy atom. The topological polar surface area (TPSA) is 66.5 Å². The van der Waals surface area contributed by atoms with Crippen molar-refractivity contribution < 1.29 is 13.2 Å². The lowest BCUT2D eigenvalue weighted by Gasteiger charge is -2.26. The van der Waals surface area contributed by atoms with Crippen LogP contribution in [0.25, 0.3) is 0 Å². The number of hydrogen-bond acceptors (Lipinski definition) is 3. The van der Waals surface area contributed by atoms with Crippen LogP contribution in [0.5, 0.6) is 0 Å². The molecule has 0 saturated heterocycles. The van der Waals surface area contributed by atoms with Crippen LogP contribution >= 0.6 is 0 Å². The van der Waals surface area contributed by atoms with Crippen LogP contribution < -0.4 is 9.62 Å². The molecule has 3 aromatic carbocycles. The van der Waals surface area contributed by atoms with E-state index in [1.54, 1.807) is 12.1 Å². The highest BCUT2D eigenvalue weighted by Crippen LogP contribution is 2.25. The van der Waals surface area contributed by atoms with Gasteiger partial charge in [0.25, 0.3) is 0 Å². The summed E-state index contributed by atoms with van der Waals surface area (Å²) in [4.78, 5) is 13.1. The molecule has 0 radical (unpaired) electrons. The van der Waals surface area contributed by atoms with Gasteiger partial charge in [-0.1, -0.05) is 85.3 Å². The van der Waals surface area contributed by atoms with E-state index in [4.69, 9.17) is 0 Å². The largest absolute Gasteiger partial charge is 0.344 e. The number of sulfonamides is 1. The average Bonchev–Trinajstić information content (AvgIpc) is 2.76. The monoisotopic (exact) mass is 436 g/mol. The molecule has 0 aliphatic heterocycles. The molecule has 31 heavy (non-hydrogen) atoms. The quantitative estimate of drug-likeness (QED) is 0.575. The van der Waals surface area contributed by atoms with Crippen LogP contribution in [0, 0.1) is 6.92 Å². The predicted octanol–water partition coefficient (Wildman–Crippen LogP) is 4.23. The van der Waals surface area contributed by atoms with Gasteiger partial charge in [0.2, 0.25) is 15.9 Å². The summed E-state index contributed by atoms with van der Waals surface area (Å²) in [5, 5.41) is 3.03. The molecule has 0 bridgehead atoms. The van der Waals surface area contributed by atoms with Gasteiger partial charge < -0.3 is 5.32 Å². The SMILES string of the molecule is CCc1ccccc1N(CC(=O)N[C@H](c1ccccc1)c1ccc(C)cc1)S(C)(=O)=O. The van der Waals surface area contributed by atoms with Crippen molar-refractivity contribution in [1.82, 2.24) is 5.32 Å². The molecular weight excluding hydrogens is 408 g/mol. The van der Waals surface area contributed by atoms with Crippen LogP contribution in [0.1, 0.15) is 35.2 Å². The number of amides is 1. The van der Waals surface area contributed by atoms with Crippen molar-refractivity contribution in [2.45, 2.75) is 26.3 Å². The van der Waals surface area contributed by atoms with E-state index in [1.807, 2.05) is 80.6 Å². The second-order valence-corrected chi connectivity index (χ2v) is 9.48. The van der Waals surface area contributed by atoms with Crippen molar-refractivity contribution in [2.24, 2.45) is 0 Å². The smallest absolute Gasteiger partial charge is 0.241 e. The lowest BCUT2D eigenvalue weighted by molar-refractivity contribution is -0.120. The molecule has 0 aliphatic rings. The number of carbonyl (C=O) groups excluding carboxylic acids is 1. The van der Waals surface area contributed by atoms with E-state index in [0.717, 1.165) is 28.5 Å². The molecule has 0 fully saturated rings. The van der Waals surface area contributed by atoms with Crippen molar-refractivity contribution in [1.29, 1.82) is 0 Å². The van der Waals surface area contributed by atoms with Gasteiger partial charge in [-0.05, 0) is 36.1 Å². The molecular formula is C25H28N2O3S. The number of para-hydroxylation sites is 1. The molecule has 0 heterocycles. The minimum Gasteiger partial charge on any atom is -0.344 e. The Morgan fingerprint density at radius 1 is 0.903 bits per heavy atom. The van der Waals surface area contributed by atoms with Gasteiger partial charge in [-0.25, -0.2) is 8.42 Å². The summed E-state index contributed by atoms with van der Waals surface area (Å²) >= 11 is 0. The first-order valence-corrected chi connectivity index (χ1v) is 12.1. The lowest BCUT2D eigenvalue weighted by atomic mass is 9.98. The summed E-state index contributed by atoms with van der Waals surface area (Å²) in [5.41, 5.74) is 4.40. The van der Waals surface area contributed by atoms with Crippen LogP contribution in [-0.2, 0) is 21.2 Å². The third-order valence-corrected chi connectivity index (χ3v) is 6.30. The van der Waals surface area contributed by atoms with Gasteiger partial charge in [-0.15, -0.1) is 0 Å². The molecule has 3 aromatic rings. The summed E-state index contributed by atoms with van der Waals surface area (Å²) < 4.78 is 26.3. The van der Waals surface area contributed by atoms with Crippen molar-refractivity contribution in [2.75, 3.05) is 17.1 Å². The molecule has 6 heteroatoms. The van der Waals surface area contributed by atoms with Crippen molar-refractivity contribution in [3.05, 3.63) is 101 Å². The first-order valence-electron chi connectivity index (χ1n) is 10.3. The van der Waals surface area contributed by atoms with E-state index in [-0.39, 0.29) is 18.5 Å². The number of nitrogens with zero attached hydrogens (tertiary/aromatic N) is 1. The van der Waals surface area contributed by atoms with Gasteiger partial charge in [0.05, 0.1) is 18.0 Å². The molecule has 5 nitrogen and oxygen atoms in total. The second kappa shape index (κ2) is 9.79. The molecule has 162 valence electrons. The highest BCUT2D eigenvalue weighted by atomic mass is 32.2. The number of nitrogens with one attached hydrogen (secondary N) is 1. The fraction of sp³-hybridized carbons (Fsp3) is 0.240. The summed E-state index contributed by atoms with van der Waals surface area (Å²) in [6.07, 6.45) is 1.79. The van der Waals surface area contributed by atoms with Crippen LogP contribution in [0.15, 0.2) is 78.9 Å². The zero-order valence-corrected chi connectivity index (χ0v) is 18.9. The van der Waals surface area contributed by atoms with Crippen molar-refractivity contribution >= 4 is 21.6 Å². The predicted molar refractivity (Wildman–Crippen MR) is 126 cm³/mol. The van der Waals surface area contributed by atoms with Gasteiger partial charge in [0.15, 0.2) is 0 Å². The number of benzene rings is 3. The molecule has 1 N–H and O–H groups in total. The van der Waals surface area contributed by atoms with Gasteiger partial charge in [0, 0.05) is 0 Å². The van der Waals surface area contributed by atoms with Gasteiger partial charge in [-0.2, -0.15) is 0 Å². The molecule has 1 amide bonds. The molecule has 0 unspecified atom stereocenters. The molecule has 3 rings (SSSR count). The van der Waals surface area contributed by atoms with Gasteiger partial charge >= 0.3 is 0 Å². The Morgan fingerprint density at radius 3 is 2.10 bits per heavy atom. The van der Waals surface area contributed by atoms with Crippen molar-refractivity contribution in [3.63, 3.8) is 0 Å². The van der Waals surface area contributed by atoms with Crippen LogP contribution in [0.2, 0.25) is 0 Å². The number of aryl methyl sites for hydroxylation is 2. The normalized spacial score (nSPS) is 12.2. The van der Waals surface area contributed by atoms with E-state index in [2.05, 4.69) is 5.32 Å².